The molecule has 1 rings (SSSR count). The van der Waals surface area contributed by atoms with Gasteiger partial charge in [0.1, 0.15) is 0 Å². The van der Waals surface area contributed by atoms with Crippen molar-refractivity contribution in [1.29, 1.82) is 0 Å². The zero-order valence-electron chi connectivity index (χ0n) is 10.2. The van der Waals surface area contributed by atoms with Crippen molar-refractivity contribution in [2.75, 3.05) is 45.4 Å². The minimum absolute atomic E-state index is 0.400. The number of anilines is 1. The van der Waals surface area contributed by atoms with E-state index in [1.54, 1.807) is 20.3 Å². The highest BCUT2D eigenvalue weighted by molar-refractivity contribution is 6.29. The van der Waals surface area contributed by atoms with E-state index < -0.39 is 0 Å². The van der Waals surface area contributed by atoms with Crippen molar-refractivity contribution in [1.82, 2.24) is 10.2 Å². The Morgan fingerprint density at radius 1 is 1.12 bits per heavy atom. The van der Waals surface area contributed by atoms with Gasteiger partial charge in [0.2, 0.25) is 0 Å². The maximum Gasteiger partial charge on any atom is 0.151 e. The molecule has 0 radical (unpaired) electrons. The van der Waals surface area contributed by atoms with E-state index in [-0.39, 0.29) is 0 Å². The molecule has 1 heterocycles. The van der Waals surface area contributed by atoms with Gasteiger partial charge in [0.15, 0.2) is 11.0 Å². The average molecular weight is 260 g/mol. The highest BCUT2D eigenvalue weighted by Crippen LogP contribution is 2.12. The monoisotopic (exact) mass is 259 g/mol. The molecule has 0 unspecified atom stereocenters. The standard InChI is InChI=1S/C11H18ClN3O2/c1-16-8-3-6-15(7-9-17-2)11-5-4-10(12)13-14-11/h4-5H,3,6-9H2,1-2H3. The lowest BCUT2D eigenvalue weighted by Crippen LogP contribution is -2.30. The van der Waals surface area contributed by atoms with Crippen molar-refractivity contribution in [3.05, 3.63) is 17.3 Å². The molecule has 0 N–H and O–H groups in total. The van der Waals surface area contributed by atoms with E-state index in [1.165, 1.54) is 0 Å². The van der Waals surface area contributed by atoms with Crippen LogP contribution in [0.2, 0.25) is 5.15 Å². The Balaban J connectivity index is 2.57. The van der Waals surface area contributed by atoms with Crippen LogP contribution >= 0.6 is 11.6 Å². The summed E-state index contributed by atoms with van der Waals surface area (Å²) < 4.78 is 10.1. The van der Waals surface area contributed by atoms with Gasteiger partial charge in [0.25, 0.3) is 0 Å². The number of hydrogen-bond acceptors (Lipinski definition) is 5. The summed E-state index contributed by atoms with van der Waals surface area (Å²) in [5.41, 5.74) is 0. The SMILES string of the molecule is COCCCN(CCOC)c1ccc(Cl)nn1. The first-order chi connectivity index (χ1) is 8.27. The summed E-state index contributed by atoms with van der Waals surface area (Å²) in [7, 11) is 3.38. The highest BCUT2D eigenvalue weighted by Gasteiger charge is 2.07. The lowest BCUT2D eigenvalue weighted by atomic mass is 10.3. The summed E-state index contributed by atoms with van der Waals surface area (Å²) in [6.45, 7) is 3.01. The Hall–Kier alpha value is -0.910. The van der Waals surface area contributed by atoms with E-state index in [2.05, 4.69) is 15.1 Å². The molecule has 0 aromatic carbocycles. The first-order valence-electron chi connectivity index (χ1n) is 5.50. The topological polar surface area (TPSA) is 47.5 Å². The van der Waals surface area contributed by atoms with Gasteiger partial charge in [-0.05, 0) is 18.6 Å². The highest BCUT2D eigenvalue weighted by atomic mass is 35.5. The van der Waals surface area contributed by atoms with Crippen LogP contribution in [0.4, 0.5) is 5.82 Å². The second-order valence-electron chi connectivity index (χ2n) is 3.54. The predicted octanol–water partition coefficient (Wildman–Crippen LogP) is 1.62. The number of aromatic nitrogens is 2. The number of hydrogen-bond donors (Lipinski definition) is 0. The molecule has 0 amide bonds. The van der Waals surface area contributed by atoms with E-state index in [9.17, 15) is 0 Å². The molecule has 1 aromatic rings. The molecule has 5 nitrogen and oxygen atoms in total. The van der Waals surface area contributed by atoms with E-state index >= 15 is 0 Å². The molecule has 0 saturated carbocycles. The summed E-state index contributed by atoms with van der Waals surface area (Å²) in [6, 6.07) is 3.60. The van der Waals surface area contributed by atoms with Crippen LogP contribution in [0, 0.1) is 0 Å². The van der Waals surface area contributed by atoms with Crippen molar-refractivity contribution < 1.29 is 9.47 Å². The predicted molar refractivity (Wildman–Crippen MR) is 67.6 cm³/mol. The minimum Gasteiger partial charge on any atom is -0.385 e. The van der Waals surface area contributed by atoms with Gasteiger partial charge in [-0.3, -0.25) is 0 Å². The molecule has 0 fully saturated rings. The molecule has 0 aliphatic heterocycles. The Kier molecular flexibility index (Phi) is 6.84. The third kappa shape index (κ3) is 5.30. The van der Waals surface area contributed by atoms with Crippen LogP contribution in [0.3, 0.4) is 0 Å². The molecule has 0 spiro atoms. The molecule has 0 aliphatic rings. The van der Waals surface area contributed by atoms with Crippen LogP contribution in [0.1, 0.15) is 6.42 Å². The summed E-state index contributed by atoms with van der Waals surface area (Å²) in [5.74, 6) is 0.808. The number of nitrogens with zero attached hydrogens (tertiary/aromatic N) is 3. The van der Waals surface area contributed by atoms with Gasteiger partial charge in [-0.1, -0.05) is 11.6 Å². The molecular weight excluding hydrogens is 242 g/mol. The summed E-state index contributed by atoms with van der Waals surface area (Å²) >= 11 is 5.71. The Morgan fingerprint density at radius 3 is 2.47 bits per heavy atom. The first kappa shape index (κ1) is 14.2. The van der Waals surface area contributed by atoms with Gasteiger partial charge in [-0.15, -0.1) is 10.2 Å². The zero-order valence-corrected chi connectivity index (χ0v) is 11.0. The molecular formula is C11H18ClN3O2. The van der Waals surface area contributed by atoms with Crippen molar-refractivity contribution >= 4 is 17.4 Å². The first-order valence-corrected chi connectivity index (χ1v) is 5.87. The molecule has 0 atom stereocenters. The van der Waals surface area contributed by atoms with Crippen molar-refractivity contribution in [2.24, 2.45) is 0 Å². The third-order valence-electron chi connectivity index (χ3n) is 2.28. The van der Waals surface area contributed by atoms with Crippen LogP contribution in [-0.2, 0) is 9.47 Å². The molecule has 0 aliphatic carbocycles. The number of ether oxygens (including phenoxy) is 2. The molecule has 17 heavy (non-hydrogen) atoms. The van der Waals surface area contributed by atoms with Gasteiger partial charge >= 0.3 is 0 Å². The summed E-state index contributed by atoms with van der Waals surface area (Å²) in [4.78, 5) is 2.10. The molecule has 6 heteroatoms. The van der Waals surface area contributed by atoms with Crippen LogP contribution in [0.5, 0.6) is 0 Å². The lowest BCUT2D eigenvalue weighted by molar-refractivity contribution is 0.191. The van der Waals surface area contributed by atoms with E-state index in [4.69, 9.17) is 21.1 Å². The van der Waals surface area contributed by atoms with Crippen LogP contribution in [0.25, 0.3) is 0 Å². The minimum atomic E-state index is 0.400. The third-order valence-corrected chi connectivity index (χ3v) is 2.49. The fourth-order valence-corrected chi connectivity index (χ4v) is 1.52. The molecule has 1 aromatic heterocycles. The Bertz CT molecular complexity index is 308. The van der Waals surface area contributed by atoms with E-state index in [1.807, 2.05) is 6.07 Å². The van der Waals surface area contributed by atoms with Gasteiger partial charge < -0.3 is 14.4 Å². The number of halogens is 1. The van der Waals surface area contributed by atoms with Crippen molar-refractivity contribution in [3.8, 4) is 0 Å². The van der Waals surface area contributed by atoms with Crippen LogP contribution in [-0.4, -0.2) is 50.7 Å². The van der Waals surface area contributed by atoms with Crippen LogP contribution in [0.15, 0.2) is 12.1 Å². The molecule has 0 bridgehead atoms. The zero-order chi connectivity index (χ0) is 12.5. The van der Waals surface area contributed by atoms with Crippen molar-refractivity contribution in [2.45, 2.75) is 6.42 Å². The quantitative estimate of drug-likeness (QED) is 0.664. The normalized spacial score (nSPS) is 10.5. The van der Waals surface area contributed by atoms with Gasteiger partial charge in [0.05, 0.1) is 6.61 Å². The fourth-order valence-electron chi connectivity index (χ4n) is 1.42. The second kappa shape index (κ2) is 8.22. The largest absolute Gasteiger partial charge is 0.385 e. The lowest BCUT2D eigenvalue weighted by Gasteiger charge is -2.22. The average Bonchev–Trinajstić information content (AvgIpc) is 2.35. The molecule has 96 valence electrons. The second-order valence-corrected chi connectivity index (χ2v) is 3.93. The Morgan fingerprint density at radius 2 is 1.88 bits per heavy atom. The van der Waals surface area contributed by atoms with Gasteiger partial charge in [-0.2, -0.15) is 0 Å². The Labute approximate surface area is 107 Å². The molecule has 0 saturated heterocycles. The summed E-state index contributed by atoms with van der Waals surface area (Å²) in [6.07, 6.45) is 0.935. The van der Waals surface area contributed by atoms with Gasteiger partial charge in [0, 0.05) is 33.9 Å². The maximum atomic E-state index is 5.71. The van der Waals surface area contributed by atoms with Gasteiger partial charge in [-0.25, -0.2) is 0 Å². The maximum absolute atomic E-state index is 5.71. The van der Waals surface area contributed by atoms with Crippen LogP contribution < -0.4 is 4.90 Å². The fraction of sp³-hybridized carbons (Fsp3) is 0.636. The number of methoxy groups -OCH3 is 2. The summed E-state index contributed by atoms with van der Waals surface area (Å²) in [5, 5.41) is 8.30. The van der Waals surface area contributed by atoms with E-state index in [0.717, 1.165) is 31.9 Å². The number of rotatable bonds is 8. The van der Waals surface area contributed by atoms with Crippen molar-refractivity contribution in [3.63, 3.8) is 0 Å². The smallest absolute Gasteiger partial charge is 0.151 e. The van der Waals surface area contributed by atoms with E-state index in [0.29, 0.717) is 11.8 Å².